The van der Waals surface area contributed by atoms with Gasteiger partial charge in [0.15, 0.2) is 28.3 Å². The Morgan fingerprint density at radius 2 is 1.64 bits per heavy atom. The summed E-state index contributed by atoms with van der Waals surface area (Å²) in [6.07, 6.45) is 0. The standard InChI is InChI=1S/C26H25N3O3S/c1-17-9-11-19(12-10-17)22(30)16-33-26-28-27-25(29(26)21-8-6-5-7-18(21)2)20-13-14-23(31-3)24(15-20)32-4/h5-15H,16H2,1-4H3. The molecule has 0 amide bonds. The normalized spacial score (nSPS) is 10.8. The molecule has 0 aliphatic heterocycles. The number of thioether (sulfide) groups is 1. The molecule has 0 aliphatic carbocycles. The Bertz CT molecular complexity index is 1280. The molecule has 4 rings (SSSR count). The summed E-state index contributed by atoms with van der Waals surface area (Å²) in [4.78, 5) is 12.8. The summed E-state index contributed by atoms with van der Waals surface area (Å²) in [7, 11) is 3.21. The molecule has 0 unspecified atom stereocenters. The van der Waals surface area contributed by atoms with Crippen LogP contribution in [0.1, 0.15) is 21.5 Å². The number of nitrogens with zero attached hydrogens (tertiary/aromatic N) is 3. The van der Waals surface area contributed by atoms with Crippen molar-refractivity contribution < 1.29 is 14.3 Å². The second-order valence-electron chi connectivity index (χ2n) is 7.58. The van der Waals surface area contributed by atoms with Crippen LogP contribution in [0.25, 0.3) is 17.1 Å². The van der Waals surface area contributed by atoms with E-state index in [0.29, 0.717) is 28.0 Å². The number of ketones is 1. The zero-order valence-corrected chi connectivity index (χ0v) is 19.8. The molecule has 33 heavy (non-hydrogen) atoms. The van der Waals surface area contributed by atoms with Crippen LogP contribution in [0.3, 0.4) is 0 Å². The summed E-state index contributed by atoms with van der Waals surface area (Å²) in [6, 6.07) is 21.3. The maximum Gasteiger partial charge on any atom is 0.196 e. The Balaban J connectivity index is 1.73. The first-order valence-corrected chi connectivity index (χ1v) is 11.5. The quantitative estimate of drug-likeness (QED) is 0.254. The molecular formula is C26H25N3O3S. The second-order valence-corrected chi connectivity index (χ2v) is 8.52. The summed E-state index contributed by atoms with van der Waals surface area (Å²) in [5.41, 5.74) is 4.68. The van der Waals surface area contributed by atoms with Crippen LogP contribution < -0.4 is 9.47 Å². The molecule has 0 atom stereocenters. The second kappa shape index (κ2) is 9.92. The van der Waals surface area contributed by atoms with Gasteiger partial charge >= 0.3 is 0 Å². The minimum absolute atomic E-state index is 0.0481. The number of hydrogen-bond acceptors (Lipinski definition) is 6. The van der Waals surface area contributed by atoms with E-state index in [1.54, 1.807) is 14.2 Å². The first-order chi connectivity index (χ1) is 16.0. The van der Waals surface area contributed by atoms with Crippen LogP contribution in [-0.4, -0.2) is 40.5 Å². The number of hydrogen-bond donors (Lipinski definition) is 0. The predicted octanol–water partition coefficient (Wildman–Crippen LogP) is 5.54. The van der Waals surface area contributed by atoms with E-state index in [0.717, 1.165) is 22.4 Å². The van der Waals surface area contributed by atoms with E-state index in [1.807, 2.05) is 85.1 Å². The van der Waals surface area contributed by atoms with Crippen molar-refractivity contribution in [3.8, 4) is 28.6 Å². The molecule has 0 bridgehead atoms. The van der Waals surface area contributed by atoms with Gasteiger partial charge in [0.05, 0.1) is 25.7 Å². The van der Waals surface area contributed by atoms with E-state index in [9.17, 15) is 4.79 Å². The van der Waals surface area contributed by atoms with Crippen LogP contribution in [0, 0.1) is 13.8 Å². The maximum absolute atomic E-state index is 12.8. The summed E-state index contributed by atoms with van der Waals surface area (Å²) in [5, 5.41) is 9.57. The van der Waals surface area contributed by atoms with E-state index < -0.39 is 0 Å². The minimum Gasteiger partial charge on any atom is -0.493 e. The Morgan fingerprint density at radius 3 is 2.33 bits per heavy atom. The number of benzene rings is 3. The van der Waals surface area contributed by atoms with Crippen LogP contribution in [0.15, 0.2) is 71.9 Å². The van der Waals surface area contributed by atoms with Gasteiger partial charge in [0.25, 0.3) is 0 Å². The Hall–Kier alpha value is -3.58. The Morgan fingerprint density at radius 1 is 0.909 bits per heavy atom. The van der Waals surface area contributed by atoms with Crippen LogP contribution >= 0.6 is 11.8 Å². The van der Waals surface area contributed by atoms with Crippen molar-refractivity contribution in [3.05, 3.63) is 83.4 Å². The number of para-hydroxylation sites is 1. The molecule has 0 saturated heterocycles. The van der Waals surface area contributed by atoms with Crippen LogP contribution in [0.5, 0.6) is 11.5 Å². The molecule has 0 spiro atoms. The number of ether oxygens (including phenoxy) is 2. The van der Waals surface area contributed by atoms with Gasteiger partial charge in [0.1, 0.15) is 0 Å². The average molecular weight is 460 g/mol. The van der Waals surface area contributed by atoms with Crippen LogP contribution in [0.2, 0.25) is 0 Å². The van der Waals surface area contributed by atoms with Crippen molar-refractivity contribution in [2.45, 2.75) is 19.0 Å². The first-order valence-electron chi connectivity index (χ1n) is 10.5. The molecule has 0 radical (unpaired) electrons. The topological polar surface area (TPSA) is 66.2 Å². The summed E-state index contributed by atoms with van der Waals surface area (Å²) < 4.78 is 12.8. The van der Waals surface area contributed by atoms with Gasteiger partial charge in [-0.05, 0) is 43.7 Å². The van der Waals surface area contributed by atoms with Gasteiger partial charge in [0.2, 0.25) is 0 Å². The zero-order chi connectivity index (χ0) is 23.4. The fraction of sp³-hybridized carbons (Fsp3) is 0.192. The van der Waals surface area contributed by atoms with Gasteiger partial charge in [-0.3, -0.25) is 9.36 Å². The molecule has 0 saturated carbocycles. The van der Waals surface area contributed by atoms with Gasteiger partial charge in [-0.25, -0.2) is 0 Å². The van der Waals surface area contributed by atoms with E-state index in [2.05, 4.69) is 10.2 Å². The van der Waals surface area contributed by atoms with Gasteiger partial charge in [0, 0.05) is 11.1 Å². The highest BCUT2D eigenvalue weighted by Crippen LogP contribution is 2.35. The molecule has 0 aliphatic rings. The van der Waals surface area contributed by atoms with Crippen LogP contribution in [-0.2, 0) is 0 Å². The van der Waals surface area contributed by atoms with Crippen molar-refractivity contribution in [2.24, 2.45) is 0 Å². The van der Waals surface area contributed by atoms with Crippen molar-refractivity contribution in [1.29, 1.82) is 0 Å². The van der Waals surface area contributed by atoms with Crippen molar-refractivity contribution >= 4 is 17.5 Å². The molecule has 0 fully saturated rings. The number of carbonyl (C=O) groups is 1. The third kappa shape index (κ3) is 4.78. The van der Waals surface area contributed by atoms with Gasteiger partial charge in [-0.2, -0.15) is 0 Å². The lowest BCUT2D eigenvalue weighted by molar-refractivity contribution is 0.102. The van der Waals surface area contributed by atoms with E-state index in [4.69, 9.17) is 9.47 Å². The largest absolute Gasteiger partial charge is 0.493 e. The van der Waals surface area contributed by atoms with Gasteiger partial charge < -0.3 is 9.47 Å². The lowest BCUT2D eigenvalue weighted by Crippen LogP contribution is -2.06. The van der Waals surface area contributed by atoms with Crippen molar-refractivity contribution in [2.75, 3.05) is 20.0 Å². The van der Waals surface area contributed by atoms with E-state index >= 15 is 0 Å². The Kier molecular flexibility index (Phi) is 6.79. The smallest absolute Gasteiger partial charge is 0.196 e. The summed E-state index contributed by atoms with van der Waals surface area (Å²) >= 11 is 1.37. The number of methoxy groups -OCH3 is 2. The number of aromatic nitrogens is 3. The molecular weight excluding hydrogens is 434 g/mol. The minimum atomic E-state index is 0.0481. The monoisotopic (exact) mass is 459 g/mol. The van der Waals surface area contributed by atoms with E-state index in [1.165, 1.54) is 11.8 Å². The highest BCUT2D eigenvalue weighted by atomic mass is 32.2. The summed E-state index contributed by atoms with van der Waals surface area (Å²) in [5.74, 6) is 2.22. The van der Waals surface area contributed by atoms with Gasteiger partial charge in [-0.15, -0.1) is 10.2 Å². The van der Waals surface area contributed by atoms with Crippen molar-refractivity contribution in [1.82, 2.24) is 14.8 Å². The molecule has 168 valence electrons. The predicted molar refractivity (Wildman–Crippen MR) is 131 cm³/mol. The first kappa shape index (κ1) is 22.6. The zero-order valence-electron chi connectivity index (χ0n) is 19.0. The number of rotatable bonds is 8. The summed E-state index contributed by atoms with van der Waals surface area (Å²) in [6.45, 7) is 4.04. The lowest BCUT2D eigenvalue weighted by Gasteiger charge is -2.14. The molecule has 0 N–H and O–H groups in total. The lowest BCUT2D eigenvalue weighted by atomic mass is 10.1. The SMILES string of the molecule is COc1ccc(-c2nnc(SCC(=O)c3ccc(C)cc3)n2-c2ccccc2C)cc1OC. The highest BCUT2D eigenvalue weighted by Gasteiger charge is 2.20. The molecule has 1 heterocycles. The number of Topliss-reactive ketones (excluding diaryl/α,β-unsaturated/α-hetero) is 1. The fourth-order valence-corrected chi connectivity index (χ4v) is 4.35. The van der Waals surface area contributed by atoms with Gasteiger partial charge in [-0.1, -0.05) is 59.8 Å². The van der Waals surface area contributed by atoms with Crippen LogP contribution in [0.4, 0.5) is 0 Å². The fourth-order valence-electron chi connectivity index (χ4n) is 3.51. The third-order valence-electron chi connectivity index (χ3n) is 5.34. The Labute approximate surface area is 197 Å². The molecule has 4 aromatic rings. The molecule has 7 heteroatoms. The average Bonchev–Trinajstić information content (AvgIpc) is 3.26. The molecule has 6 nitrogen and oxygen atoms in total. The van der Waals surface area contributed by atoms with Crippen molar-refractivity contribution in [3.63, 3.8) is 0 Å². The molecule has 3 aromatic carbocycles. The number of carbonyl (C=O) groups excluding carboxylic acids is 1. The maximum atomic E-state index is 12.8. The number of aryl methyl sites for hydroxylation is 2. The third-order valence-corrected chi connectivity index (χ3v) is 6.27. The highest BCUT2D eigenvalue weighted by molar-refractivity contribution is 7.99. The van der Waals surface area contributed by atoms with E-state index in [-0.39, 0.29) is 11.5 Å². The molecule has 1 aromatic heterocycles.